The number of piperidine rings is 1. The van der Waals surface area contributed by atoms with Crippen LogP contribution in [-0.2, 0) is 14.8 Å². The van der Waals surface area contributed by atoms with Crippen LogP contribution in [0.1, 0.15) is 31.4 Å². The second kappa shape index (κ2) is 8.76. The molecule has 1 aliphatic heterocycles. The monoisotopic (exact) mass is 443 g/mol. The van der Waals surface area contributed by atoms with Gasteiger partial charge in [-0.3, -0.25) is 4.79 Å². The summed E-state index contributed by atoms with van der Waals surface area (Å²) >= 11 is 6.33. The minimum atomic E-state index is -3.51. The molecular formula is C18H23ClFN5O3S. The molecule has 0 unspecified atom stereocenters. The average molecular weight is 444 g/mol. The first-order chi connectivity index (χ1) is 13.7. The first-order valence-electron chi connectivity index (χ1n) is 9.27. The summed E-state index contributed by atoms with van der Waals surface area (Å²) in [6, 6.07) is 2.81. The maximum absolute atomic E-state index is 13.1. The summed E-state index contributed by atoms with van der Waals surface area (Å²) < 4.78 is 39.6. The molecule has 29 heavy (non-hydrogen) atoms. The van der Waals surface area contributed by atoms with Crippen molar-refractivity contribution in [2.24, 2.45) is 5.92 Å². The van der Waals surface area contributed by atoms with Gasteiger partial charge in [0, 0.05) is 32.5 Å². The van der Waals surface area contributed by atoms with E-state index in [1.807, 2.05) is 6.92 Å². The Kier molecular flexibility index (Phi) is 6.55. The third-order valence-corrected chi connectivity index (χ3v) is 7.28. The van der Waals surface area contributed by atoms with Gasteiger partial charge in [-0.1, -0.05) is 18.5 Å². The van der Waals surface area contributed by atoms with Crippen LogP contribution in [0.25, 0.3) is 11.5 Å². The molecule has 0 spiro atoms. The molecule has 158 valence electrons. The minimum absolute atomic E-state index is 0.00501. The number of hydrogen-bond acceptors (Lipinski definition) is 5. The third kappa shape index (κ3) is 4.93. The molecule has 11 heteroatoms. The lowest BCUT2D eigenvalue weighted by Gasteiger charge is -2.35. The Morgan fingerprint density at radius 3 is 2.83 bits per heavy atom. The van der Waals surface area contributed by atoms with E-state index >= 15 is 0 Å². The number of nitrogens with zero attached hydrogens (tertiary/aromatic N) is 3. The molecule has 8 nitrogen and oxygen atoms in total. The maximum atomic E-state index is 13.1. The van der Waals surface area contributed by atoms with Crippen molar-refractivity contribution in [3.8, 4) is 11.5 Å². The zero-order valence-corrected chi connectivity index (χ0v) is 17.7. The standard InChI is InChI=1S/C18H23ClFN5O3S/c1-11-10-25(29(27,28)8-6-15(26)21-2)7-5-13(11)16-17(19)24-18(23-16)14-4-3-12(20)9-22-14/h3-4,9,11,13H,5-8,10H2,1-2H3,(H,21,26)(H,23,24)/t11-,13+/m0/s1. The fraction of sp³-hybridized carbons (Fsp3) is 0.500. The third-order valence-electron chi connectivity index (χ3n) is 5.15. The predicted octanol–water partition coefficient (Wildman–Crippen LogP) is 2.16. The minimum Gasteiger partial charge on any atom is -0.359 e. The van der Waals surface area contributed by atoms with Crippen LogP contribution >= 0.6 is 11.6 Å². The highest BCUT2D eigenvalue weighted by Crippen LogP contribution is 2.37. The van der Waals surface area contributed by atoms with E-state index in [4.69, 9.17) is 11.6 Å². The SMILES string of the molecule is CNC(=O)CCS(=O)(=O)N1CC[C@@H](c2[nH]c(-c3ccc(F)cn3)nc2Cl)[C@@H](C)C1. The first-order valence-corrected chi connectivity index (χ1v) is 11.3. The van der Waals surface area contributed by atoms with Gasteiger partial charge in [0.15, 0.2) is 11.0 Å². The topological polar surface area (TPSA) is 108 Å². The molecule has 0 aromatic carbocycles. The summed E-state index contributed by atoms with van der Waals surface area (Å²) in [6.07, 6.45) is 1.61. The van der Waals surface area contributed by atoms with Gasteiger partial charge in [-0.25, -0.2) is 27.1 Å². The number of aromatic amines is 1. The molecule has 2 aromatic rings. The first kappa shape index (κ1) is 21.7. The van der Waals surface area contributed by atoms with E-state index in [0.29, 0.717) is 36.2 Å². The summed E-state index contributed by atoms with van der Waals surface area (Å²) in [7, 11) is -2.03. The molecule has 1 amide bonds. The number of halogens is 2. The van der Waals surface area contributed by atoms with E-state index in [1.54, 1.807) is 0 Å². The van der Waals surface area contributed by atoms with Crippen LogP contribution in [0.4, 0.5) is 4.39 Å². The van der Waals surface area contributed by atoms with Crippen molar-refractivity contribution < 1.29 is 17.6 Å². The summed E-state index contributed by atoms with van der Waals surface area (Å²) in [4.78, 5) is 22.8. The number of amides is 1. The lowest BCUT2D eigenvalue weighted by molar-refractivity contribution is -0.120. The van der Waals surface area contributed by atoms with Gasteiger partial charge < -0.3 is 10.3 Å². The van der Waals surface area contributed by atoms with Gasteiger partial charge in [0.1, 0.15) is 11.5 Å². The van der Waals surface area contributed by atoms with Crippen molar-refractivity contribution in [3.05, 3.63) is 35.0 Å². The van der Waals surface area contributed by atoms with Gasteiger partial charge in [0.2, 0.25) is 15.9 Å². The highest BCUT2D eigenvalue weighted by atomic mass is 35.5. The van der Waals surface area contributed by atoms with Gasteiger partial charge in [0.25, 0.3) is 0 Å². The van der Waals surface area contributed by atoms with Crippen LogP contribution < -0.4 is 5.32 Å². The fourth-order valence-electron chi connectivity index (χ4n) is 3.51. The summed E-state index contributed by atoms with van der Waals surface area (Å²) in [5.74, 6) is -0.527. The van der Waals surface area contributed by atoms with E-state index < -0.39 is 15.8 Å². The van der Waals surface area contributed by atoms with E-state index in [1.165, 1.54) is 23.5 Å². The molecule has 1 fully saturated rings. The zero-order valence-electron chi connectivity index (χ0n) is 16.2. The molecule has 0 aliphatic carbocycles. The lowest BCUT2D eigenvalue weighted by atomic mass is 9.86. The molecule has 2 N–H and O–H groups in total. The number of carbonyl (C=O) groups is 1. The van der Waals surface area contributed by atoms with Crippen LogP contribution in [-0.4, -0.2) is 59.5 Å². The van der Waals surface area contributed by atoms with E-state index in [9.17, 15) is 17.6 Å². The Hall–Kier alpha value is -2.04. The lowest BCUT2D eigenvalue weighted by Crippen LogP contribution is -2.43. The molecule has 3 heterocycles. The molecule has 2 atom stereocenters. The predicted molar refractivity (Wildman–Crippen MR) is 107 cm³/mol. The molecular weight excluding hydrogens is 421 g/mol. The molecule has 2 aromatic heterocycles. The fourth-order valence-corrected chi connectivity index (χ4v) is 5.33. The number of nitrogens with one attached hydrogen (secondary N) is 2. The van der Waals surface area contributed by atoms with Gasteiger partial charge in [-0.2, -0.15) is 0 Å². The Morgan fingerprint density at radius 1 is 1.45 bits per heavy atom. The molecule has 3 rings (SSSR count). The molecule has 0 bridgehead atoms. The number of carbonyl (C=O) groups excluding carboxylic acids is 1. The smallest absolute Gasteiger partial charge is 0.220 e. The Bertz CT molecular complexity index is 980. The van der Waals surface area contributed by atoms with Crippen LogP contribution in [0, 0.1) is 11.7 Å². The second-order valence-corrected chi connectivity index (χ2v) is 9.57. The zero-order chi connectivity index (χ0) is 21.2. The summed E-state index contributed by atoms with van der Waals surface area (Å²) in [5.41, 5.74) is 1.20. The normalized spacial score (nSPS) is 20.6. The van der Waals surface area contributed by atoms with Crippen LogP contribution in [0.3, 0.4) is 0 Å². The number of imidazole rings is 1. The van der Waals surface area contributed by atoms with E-state index in [0.717, 1.165) is 11.9 Å². The average Bonchev–Trinajstić information content (AvgIpc) is 3.08. The quantitative estimate of drug-likeness (QED) is 0.711. The van der Waals surface area contributed by atoms with Gasteiger partial charge in [0.05, 0.1) is 17.6 Å². The largest absolute Gasteiger partial charge is 0.359 e. The van der Waals surface area contributed by atoms with Crippen molar-refractivity contribution >= 4 is 27.5 Å². The molecule has 0 saturated carbocycles. The number of hydrogen-bond donors (Lipinski definition) is 2. The van der Waals surface area contributed by atoms with Crippen LogP contribution in [0.2, 0.25) is 5.15 Å². The number of sulfonamides is 1. The van der Waals surface area contributed by atoms with Gasteiger partial charge >= 0.3 is 0 Å². The number of aromatic nitrogens is 3. The van der Waals surface area contributed by atoms with Gasteiger partial charge in [-0.05, 0) is 24.5 Å². The van der Waals surface area contributed by atoms with Crippen molar-refractivity contribution in [3.63, 3.8) is 0 Å². The van der Waals surface area contributed by atoms with Crippen molar-refractivity contribution in [1.82, 2.24) is 24.6 Å². The van der Waals surface area contributed by atoms with Crippen LogP contribution in [0.5, 0.6) is 0 Å². The molecule has 1 aliphatic rings. The molecule has 1 saturated heterocycles. The number of pyridine rings is 1. The Labute approximate surface area is 173 Å². The summed E-state index contributed by atoms with van der Waals surface area (Å²) in [6.45, 7) is 2.63. The van der Waals surface area contributed by atoms with Crippen molar-refractivity contribution in [2.45, 2.75) is 25.7 Å². The maximum Gasteiger partial charge on any atom is 0.220 e. The number of H-pyrrole nitrogens is 1. The second-order valence-electron chi connectivity index (χ2n) is 7.12. The number of rotatable bonds is 6. The van der Waals surface area contributed by atoms with E-state index in [-0.39, 0.29) is 29.9 Å². The summed E-state index contributed by atoms with van der Waals surface area (Å²) in [5, 5.41) is 2.73. The van der Waals surface area contributed by atoms with Gasteiger partial charge in [-0.15, -0.1) is 0 Å². The van der Waals surface area contributed by atoms with E-state index in [2.05, 4.69) is 20.3 Å². The molecule has 0 radical (unpaired) electrons. The van der Waals surface area contributed by atoms with Crippen molar-refractivity contribution in [2.75, 3.05) is 25.9 Å². The van der Waals surface area contributed by atoms with Crippen molar-refractivity contribution in [1.29, 1.82) is 0 Å². The highest BCUT2D eigenvalue weighted by Gasteiger charge is 2.35. The highest BCUT2D eigenvalue weighted by molar-refractivity contribution is 7.89. The van der Waals surface area contributed by atoms with Crippen LogP contribution in [0.15, 0.2) is 18.3 Å². The Balaban J connectivity index is 1.71. The Morgan fingerprint density at radius 2 is 2.21 bits per heavy atom.